The maximum Gasteiger partial charge on any atom is 0.326 e. The molecule has 1 fully saturated rings. The van der Waals surface area contributed by atoms with Crippen LogP contribution >= 0.6 is 34.3 Å². The molecule has 3 heterocycles. The van der Waals surface area contributed by atoms with E-state index in [-0.39, 0.29) is 5.91 Å². The second kappa shape index (κ2) is 6.59. The lowest BCUT2D eigenvalue weighted by Crippen LogP contribution is -2.47. The van der Waals surface area contributed by atoms with Crippen LogP contribution in [0.1, 0.15) is 34.6 Å². The minimum absolute atomic E-state index is 0.235. The maximum atomic E-state index is 12.8. The van der Waals surface area contributed by atoms with Crippen molar-refractivity contribution in [3.63, 3.8) is 0 Å². The summed E-state index contributed by atoms with van der Waals surface area (Å²) in [5.41, 5.74) is 0.634. The van der Waals surface area contributed by atoms with Crippen molar-refractivity contribution in [3.8, 4) is 9.88 Å². The van der Waals surface area contributed by atoms with Gasteiger partial charge < -0.3 is 10.0 Å². The zero-order valence-electron chi connectivity index (χ0n) is 12.4. The Hall–Kier alpha value is -1.44. The number of amides is 1. The van der Waals surface area contributed by atoms with Crippen LogP contribution in [0.4, 0.5) is 0 Å². The van der Waals surface area contributed by atoms with E-state index in [4.69, 9.17) is 11.6 Å². The van der Waals surface area contributed by atoms with Crippen LogP contribution < -0.4 is 0 Å². The van der Waals surface area contributed by atoms with Crippen molar-refractivity contribution in [2.45, 2.75) is 32.2 Å². The lowest BCUT2D eigenvalue weighted by atomic mass is 10.0. The van der Waals surface area contributed by atoms with E-state index in [1.165, 1.54) is 27.6 Å². The van der Waals surface area contributed by atoms with Crippen LogP contribution in [0.25, 0.3) is 9.88 Å². The van der Waals surface area contributed by atoms with Gasteiger partial charge in [0.15, 0.2) is 0 Å². The van der Waals surface area contributed by atoms with Crippen molar-refractivity contribution in [2.24, 2.45) is 0 Å². The fourth-order valence-electron chi connectivity index (χ4n) is 2.69. The highest BCUT2D eigenvalue weighted by Crippen LogP contribution is 2.35. The predicted octanol–water partition coefficient (Wildman–Crippen LogP) is 3.91. The van der Waals surface area contributed by atoms with Crippen LogP contribution in [-0.2, 0) is 4.79 Å². The van der Waals surface area contributed by atoms with Crippen molar-refractivity contribution in [1.82, 2.24) is 9.88 Å². The molecule has 0 spiro atoms. The third-order valence-electron chi connectivity index (χ3n) is 3.82. The van der Waals surface area contributed by atoms with Gasteiger partial charge >= 0.3 is 5.97 Å². The summed E-state index contributed by atoms with van der Waals surface area (Å²) in [4.78, 5) is 31.5. The van der Waals surface area contributed by atoms with E-state index in [1.54, 1.807) is 13.0 Å². The van der Waals surface area contributed by atoms with Gasteiger partial charge in [-0.1, -0.05) is 11.6 Å². The second-order valence-electron chi connectivity index (χ2n) is 5.39. The predicted molar refractivity (Wildman–Crippen MR) is 91.5 cm³/mol. The number of halogens is 1. The first kappa shape index (κ1) is 16.4. The summed E-state index contributed by atoms with van der Waals surface area (Å²) in [6.07, 6.45) is 2.18. The Labute approximate surface area is 146 Å². The zero-order valence-corrected chi connectivity index (χ0v) is 14.8. The maximum absolute atomic E-state index is 12.8. The van der Waals surface area contributed by atoms with Gasteiger partial charge in [-0.15, -0.1) is 22.7 Å². The molecule has 2 aromatic heterocycles. The first-order valence-corrected chi connectivity index (χ1v) is 9.25. The summed E-state index contributed by atoms with van der Waals surface area (Å²) < 4.78 is 0.669. The molecule has 0 radical (unpaired) electrons. The average Bonchev–Trinajstić information content (AvgIpc) is 3.12. The Morgan fingerprint density at radius 2 is 2.13 bits per heavy atom. The largest absolute Gasteiger partial charge is 0.480 e. The molecule has 23 heavy (non-hydrogen) atoms. The van der Waals surface area contributed by atoms with Crippen molar-refractivity contribution >= 4 is 46.2 Å². The highest BCUT2D eigenvalue weighted by Gasteiger charge is 2.34. The van der Waals surface area contributed by atoms with E-state index in [0.29, 0.717) is 27.9 Å². The van der Waals surface area contributed by atoms with Gasteiger partial charge in [0, 0.05) is 6.54 Å². The third kappa shape index (κ3) is 3.27. The van der Waals surface area contributed by atoms with E-state index in [2.05, 4.69) is 4.98 Å². The van der Waals surface area contributed by atoms with Gasteiger partial charge in [0.25, 0.3) is 5.91 Å². The lowest BCUT2D eigenvalue weighted by Gasteiger charge is -2.32. The molecule has 8 heteroatoms. The van der Waals surface area contributed by atoms with Crippen LogP contribution in [-0.4, -0.2) is 39.5 Å². The number of aryl methyl sites for hydroxylation is 1. The fourth-order valence-corrected chi connectivity index (χ4v) is 4.81. The molecule has 122 valence electrons. The number of carboxylic acid groups (broad SMARTS) is 1. The van der Waals surface area contributed by atoms with Crippen molar-refractivity contribution < 1.29 is 14.7 Å². The highest BCUT2D eigenvalue weighted by molar-refractivity contribution is 7.24. The first-order valence-electron chi connectivity index (χ1n) is 7.24. The second-order valence-corrected chi connectivity index (χ2v) is 8.10. The number of carbonyl (C=O) groups is 2. The molecule has 0 bridgehead atoms. The molecule has 1 saturated heterocycles. The monoisotopic (exact) mass is 370 g/mol. The van der Waals surface area contributed by atoms with Crippen LogP contribution in [0.5, 0.6) is 0 Å². The Morgan fingerprint density at radius 1 is 1.35 bits per heavy atom. The zero-order chi connectivity index (χ0) is 16.6. The molecule has 1 atom stereocenters. The van der Waals surface area contributed by atoms with Gasteiger partial charge in [-0.25, -0.2) is 9.78 Å². The number of likely N-dealkylation sites (tertiary alicyclic amines) is 1. The van der Waals surface area contributed by atoms with Gasteiger partial charge in [-0.2, -0.15) is 0 Å². The number of aromatic nitrogens is 1. The van der Waals surface area contributed by atoms with Crippen molar-refractivity contribution in [3.05, 3.63) is 27.0 Å². The number of hydrogen-bond acceptors (Lipinski definition) is 5. The Morgan fingerprint density at radius 3 is 2.78 bits per heavy atom. The van der Waals surface area contributed by atoms with Crippen molar-refractivity contribution in [2.75, 3.05) is 6.54 Å². The van der Waals surface area contributed by atoms with Crippen LogP contribution in [0.2, 0.25) is 4.34 Å². The Bertz CT molecular complexity index is 756. The molecule has 0 aromatic carbocycles. The molecule has 3 rings (SSSR count). The van der Waals surface area contributed by atoms with Crippen LogP contribution in [0, 0.1) is 6.92 Å². The summed E-state index contributed by atoms with van der Waals surface area (Å²) in [6.45, 7) is 2.26. The number of hydrogen-bond donors (Lipinski definition) is 1. The number of carboxylic acids is 1. The van der Waals surface area contributed by atoms with Crippen LogP contribution in [0.15, 0.2) is 12.1 Å². The smallest absolute Gasteiger partial charge is 0.326 e. The number of thiazole rings is 1. The minimum atomic E-state index is -0.939. The van der Waals surface area contributed by atoms with Crippen LogP contribution in [0.3, 0.4) is 0 Å². The molecule has 1 aliphatic rings. The van der Waals surface area contributed by atoms with E-state index in [9.17, 15) is 14.7 Å². The number of thiophene rings is 1. The molecule has 0 saturated carbocycles. The number of rotatable bonds is 3. The van der Waals surface area contributed by atoms with Gasteiger partial charge in [-0.05, 0) is 38.3 Å². The molecule has 1 N–H and O–H groups in total. The summed E-state index contributed by atoms with van der Waals surface area (Å²) in [5.74, 6) is -1.17. The van der Waals surface area contributed by atoms with Crippen molar-refractivity contribution in [1.29, 1.82) is 0 Å². The quantitative estimate of drug-likeness (QED) is 0.889. The van der Waals surface area contributed by atoms with E-state index in [1.807, 2.05) is 6.07 Å². The number of aliphatic carboxylic acids is 1. The molecule has 0 unspecified atom stereocenters. The normalized spacial score (nSPS) is 18.2. The Kier molecular flexibility index (Phi) is 4.70. The summed E-state index contributed by atoms with van der Waals surface area (Å²) >= 11 is 8.66. The van der Waals surface area contributed by atoms with Gasteiger partial charge in [0.05, 0.1) is 14.9 Å². The summed E-state index contributed by atoms with van der Waals surface area (Å²) in [7, 11) is 0. The molecular weight excluding hydrogens is 356 g/mol. The summed E-state index contributed by atoms with van der Waals surface area (Å²) in [5, 5.41) is 10.1. The first-order chi connectivity index (χ1) is 11.0. The molecule has 1 aliphatic heterocycles. The standard InChI is InChI=1S/C15H15ClN2O3S2/c1-8-12(23-13(17-8)10-5-6-11(16)22-10)14(19)18-7-3-2-4-9(18)15(20)21/h5-6,9H,2-4,7H2,1H3,(H,20,21)/t9-/m1/s1. The lowest BCUT2D eigenvalue weighted by molar-refractivity contribution is -0.143. The molecule has 2 aromatic rings. The Balaban J connectivity index is 1.90. The average molecular weight is 371 g/mol. The van der Waals surface area contributed by atoms with Gasteiger partial charge in [0.2, 0.25) is 0 Å². The number of carbonyl (C=O) groups excluding carboxylic acids is 1. The topological polar surface area (TPSA) is 70.5 Å². The fraction of sp³-hybridized carbons (Fsp3) is 0.400. The van der Waals surface area contributed by atoms with Gasteiger partial charge in [0.1, 0.15) is 15.9 Å². The van der Waals surface area contributed by atoms with E-state index in [0.717, 1.165) is 22.7 Å². The SMILES string of the molecule is Cc1nc(-c2ccc(Cl)s2)sc1C(=O)N1CCCC[C@@H]1C(=O)O. The molecule has 1 amide bonds. The summed E-state index contributed by atoms with van der Waals surface area (Å²) in [6, 6.07) is 2.93. The van der Waals surface area contributed by atoms with Gasteiger partial charge in [-0.3, -0.25) is 4.79 Å². The minimum Gasteiger partial charge on any atom is -0.480 e. The third-order valence-corrected chi connectivity index (χ3v) is 6.37. The molecular formula is C15H15ClN2O3S2. The van der Waals surface area contributed by atoms with E-state index < -0.39 is 12.0 Å². The molecule has 5 nitrogen and oxygen atoms in total. The molecule has 0 aliphatic carbocycles. The number of piperidine rings is 1. The van der Waals surface area contributed by atoms with E-state index >= 15 is 0 Å². The number of nitrogens with zero attached hydrogens (tertiary/aromatic N) is 2. The highest BCUT2D eigenvalue weighted by atomic mass is 35.5.